The van der Waals surface area contributed by atoms with Gasteiger partial charge in [-0.3, -0.25) is 9.59 Å². The summed E-state index contributed by atoms with van der Waals surface area (Å²) >= 11 is 1.60. The second-order valence-electron chi connectivity index (χ2n) is 4.33. The maximum atomic E-state index is 11.2. The average Bonchev–Trinajstić information content (AvgIpc) is 2.42. The maximum Gasteiger partial charge on any atom is 0.302 e. The summed E-state index contributed by atoms with van der Waals surface area (Å²) in [6.07, 6.45) is 1.03. The average molecular weight is 297 g/mol. The standard InChI is InChI=1S/C14H19NO4S/c1-9(16)15-13(8-19-10(2)17)14(18)11-4-6-12(20-3)7-5-11/h4-7,13-14,18H,8H2,1-3H3,(H,15,16)/t13-,14-/m0/s1. The van der Waals surface area contributed by atoms with Crippen LogP contribution in [-0.2, 0) is 14.3 Å². The number of hydrogen-bond acceptors (Lipinski definition) is 5. The van der Waals surface area contributed by atoms with Crippen LogP contribution in [0.1, 0.15) is 25.5 Å². The SMILES string of the molecule is CSc1ccc([C@H](O)[C@H](COC(C)=O)NC(C)=O)cc1. The molecule has 2 atom stereocenters. The van der Waals surface area contributed by atoms with E-state index in [1.807, 2.05) is 18.4 Å². The number of esters is 1. The Balaban J connectivity index is 2.81. The van der Waals surface area contributed by atoms with Gasteiger partial charge in [0.25, 0.3) is 0 Å². The van der Waals surface area contributed by atoms with Crippen LogP contribution in [0.2, 0.25) is 0 Å². The highest BCUT2D eigenvalue weighted by molar-refractivity contribution is 7.98. The topological polar surface area (TPSA) is 75.6 Å². The Bertz CT molecular complexity index is 461. The van der Waals surface area contributed by atoms with Crippen molar-refractivity contribution >= 4 is 23.6 Å². The number of aliphatic hydroxyl groups is 1. The summed E-state index contributed by atoms with van der Waals surface area (Å²) in [5, 5.41) is 12.9. The summed E-state index contributed by atoms with van der Waals surface area (Å²) in [5.41, 5.74) is 0.661. The van der Waals surface area contributed by atoms with E-state index in [9.17, 15) is 14.7 Å². The third-order valence-electron chi connectivity index (χ3n) is 2.69. The Morgan fingerprint density at radius 3 is 2.35 bits per heavy atom. The van der Waals surface area contributed by atoms with E-state index in [4.69, 9.17) is 4.74 Å². The van der Waals surface area contributed by atoms with Crippen molar-refractivity contribution in [1.29, 1.82) is 0 Å². The fraction of sp³-hybridized carbons (Fsp3) is 0.429. The maximum absolute atomic E-state index is 11.2. The Morgan fingerprint density at radius 2 is 1.90 bits per heavy atom. The van der Waals surface area contributed by atoms with E-state index in [0.29, 0.717) is 5.56 Å². The van der Waals surface area contributed by atoms with Crippen LogP contribution in [0.25, 0.3) is 0 Å². The molecule has 0 aromatic heterocycles. The zero-order chi connectivity index (χ0) is 15.1. The van der Waals surface area contributed by atoms with Gasteiger partial charge in [0.05, 0.1) is 6.04 Å². The highest BCUT2D eigenvalue weighted by Crippen LogP contribution is 2.21. The summed E-state index contributed by atoms with van der Waals surface area (Å²) < 4.78 is 4.87. The number of rotatable bonds is 6. The van der Waals surface area contributed by atoms with Crippen molar-refractivity contribution in [3.8, 4) is 0 Å². The normalized spacial score (nSPS) is 13.4. The Hall–Kier alpha value is -1.53. The molecule has 0 bridgehead atoms. The number of amides is 1. The van der Waals surface area contributed by atoms with Crippen LogP contribution in [0.15, 0.2) is 29.2 Å². The predicted molar refractivity (Wildman–Crippen MR) is 77.4 cm³/mol. The van der Waals surface area contributed by atoms with E-state index in [0.717, 1.165) is 4.90 Å². The van der Waals surface area contributed by atoms with Gasteiger partial charge in [-0.05, 0) is 24.0 Å². The molecule has 0 aliphatic carbocycles. The molecule has 110 valence electrons. The third kappa shape index (κ3) is 5.22. The van der Waals surface area contributed by atoms with E-state index in [2.05, 4.69) is 5.32 Å². The van der Waals surface area contributed by atoms with Crippen molar-refractivity contribution in [3.05, 3.63) is 29.8 Å². The number of ether oxygens (including phenoxy) is 1. The highest BCUT2D eigenvalue weighted by Gasteiger charge is 2.23. The molecule has 0 fully saturated rings. The lowest BCUT2D eigenvalue weighted by Crippen LogP contribution is -2.41. The van der Waals surface area contributed by atoms with Gasteiger partial charge in [0.2, 0.25) is 5.91 Å². The van der Waals surface area contributed by atoms with Crippen LogP contribution < -0.4 is 5.32 Å². The third-order valence-corrected chi connectivity index (χ3v) is 3.44. The molecule has 2 N–H and O–H groups in total. The molecule has 1 amide bonds. The van der Waals surface area contributed by atoms with Gasteiger partial charge < -0.3 is 15.2 Å². The van der Waals surface area contributed by atoms with E-state index in [-0.39, 0.29) is 12.5 Å². The summed E-state index contributed by atoms with van der Waals surface area (Å²) in [6, 6.07) is 6.69. The molecule has 0 aliphatic rings. The van der Waals surface area contributed by atoms with Gasteiger partial charge in [-0.15, -0.1) is 11.8 Å². The van der Waals surface area contributed by atoms with Gasteiger partial charge in [-0.25, -0.2) is 0 Å². The van der Waals surface area contributed by atoms with Crippen molar-refractivity contribution in [1.82, 2.24) is 5.32 Å². The minimum atomic E-state index is -0.936. The molecule has 5 nitrogen and oxygen atoms in total. The molecule has 6 heteroatoms. The molecular weight excluding hydrogens is 278 g/mol. The monoisotopic (exact) mass is 297 g/mol. The van der Waals surface area contributed by atoms with Gasteiger partial charge in [0.1, 0.15) is 12.7 Å². The van der Waals surface area contributed by atoms with Crippen molar-refractivity contribution in [2.24, 2.45) is 0 Å². The van der Waals surface area contributed by atoms with Gasteiger partial charge >= 0.3 is 5.97 Å². The van der Waals surface area contributed by atoms with Gasteiger partial charge in [0, 0.05) is 18.7 Å². The fourth-order valence-corrected chi connectivity index (χ4v) is 2.12. The number of carbonyl (C=O) groups is 2. The van der Waals surface area contributed by atoms with E-state index < -0.39 is 18.1 Å². The minimum absolute atomic E-state index is 0.0691. The van der Waals surface area contributed by atoms with Crippen LogP contribution in [0.3, 0.4) is 0 Å². The molecule has 0 aliphatic heterocycles. The van der Waals surface area contributed by atoms with E-state index in [1.165, 1.54) is 13.8 Å². The number of thioether (sulfide) groups is 1. The Labute approximate surface area is 122 Å². The zero-order valence-corrected chi connectivity index (χ0v) is 12.6. The predicted octanol–water partition coefficient (Wildman–Crippen LogP) is 1.51. The second kappa shape index (κ2) is 7.91. The van der Waals surface area contributed by atoms with Crippen LogP contribution >= 0.6 is 11.8 Å². The van der Waals surface area contributed by atoms with Crippen molar-refractivity contribution in [2.45, 2.75) is 30.9 Å². The first-order valence-electron chi connectivity index (χ1n) is 6.16. The summed E-state index contributed by atoms with van der Waals surface area (Å²) in [6.45, 7) is 2.56. The number of benzene rings is 1. The lowest BCUT2D eigenvalue weighted by atomic mass is 10.0. The van der Waals surface area contributed by atoms with Gasteiger partial charge in [-0.2, -0.15) is 0 Å². The number of aliphatic hydroxyl groups excluding tert-OH is 1. The molecular formula is C14H19NO4S. The number of nitrogens with one attached hydrogen (secondary N) is 1. The van der Waals surface area contributed by atoms with E-state index in [1.54, 1.807) is 23.9 Å². The first-order chi connectivity index (χ1) is 9.43. The molecule has 0 saturated carbocycles. The van der Waals surface area contributed by atoms with Crippen LogP contribution in [0.5, 0.6) is 0 Å². The lowest BCUT2D eigenvalue weighted by molar-refractivity contribution is -0.143. The van der Waals surface area contributed by atoms with Crippen molar-refractivity contribution in [2.75, 3.05) is 12.9 Å². The fourth-order valence-electron chi connectivity index (χ4n) is 1.71. The molecule has 0 heterocycles. The molecule has 0 radical (unpaired) electrons. The second-order valence-corrected chi connectivity index (χ2v) is 5.21. The molecule has 20 heavy (non-hydrogen) atoms. The largest absolute Gasteiger partial charge is 0.464 e. The van der Waals surface area contributed by atoms with E-state index >= 15 is 0 Å². The van der Waals surface area contributed by atoms with Gasteiger partial charge in [-0.1, -0.05) is 12.1 Å². The lowest BCUT2D eigenvalue weighted by Gasteiger charge is -2.23. The number of carbonyl (C=O) groups excluding carboxylic acids is 2. The molecule has 1 aromatic rings. The summed E-state index contributed by atoms with van der Waals surface area (Å²) in [7, 11) is 0. The van der Waals surface area contributed by atoms with Gasteiger partial charge in [0.15, 0.2) is 0 Å². The molecule has 1 rings (SSSR count). The zero-order valence-electron chi connectivity index (χ0n) is 11.8. The summed E-state index contributed by atoms with van der Waals surface area (Å²) in [4.78, 5) is 23.1. The minimum Gasteiger partial charge on any atom is -0.464 e. The first-order valence-corrected chi connectivity index (χ1v) is 7.39. The quantitative estimate of drug-likeness (QED) is 0.615. The molecule has 0 spiro atoms. The molecule has 0 unspecified atom stereocenters. The van der Waals surface area contributed by atoms with Crippen LogP contribution in [-0.4, -0.2) is 35.9 Å². The summed E-state index contributed by atoms with van der Waals surface area (Å²) in [5.74, 6) is -0.743. The van der Waals surface area contributed by atoms with Crippen LogP contribution in [0.4, 0.5) is 0 Å². The van der Waals surface area contributed by atoms with Crippen molar-refractivity contribution < 1.29 is 19.4 Å². The number of hydrogen-bond donors (Lipinski definition) is 2. The first kappa shape index (κ1) is 16.5. The van der Waals surface area contributed by atoms with Crippen molar-refractivity contribution in [3.63, 3.8) is 0 Å². The highest BCUT2D eigenvalue weighted by atomic mass is 32.2. The Morgan fingerprint density at radius 1 is 1.30 bits per heavy atom. The Kier molecular flexibility index (Phi) is 6.54. The van der Waals surface area contributed by atoms with Crippen LogP contribution in [0, 0.1) is 0 Å². The smallest absolute Gasteiger partial charge is 0.302 e. The molecule has 0 saturated heterocycles. The molecule has 1 aromatic carbocycles.